The van der Waals surface area contributed by atoms with Gasteiger partial charge in [0.15, 0.2) is 0 Å². The fourth-order valence-electron chi connectivity index (χ4n) is 3.61. The van der Waals surface area contributed by atoms with Crippen molar-refractivity contribution in [3.63, 3.8) is 0 Å². The van der Waals surface area contributed by atoms with E-state index in [0.717, 1.165) is 15.7 Å². The Kier molecular flexibility index (Phi) is 2.53. The molecule has 0 saturated carbocycles. The second kappa shape index (κ2) is 4.31. The van der Waals surface area contributed by atoms with Gasteiger partial charge in [0.05, 0.1) is 5.41 Å². The highest BCUT2D eigenvalue weighted by atomic mass is 79.9. The van der Waals surface area contributed by atoms with E-state index in [2.05, 4.69) is 21.2 Å². The number of amides is 1. The normalized spacial score (nSPS) is 38.6. The highest BCUT2D eigenvalue weighted by Crippen LogP contribution is 2.51. The molecule has 1 unspecified atom stereocenters. The van der Waals surface area contributed by atoms with Crippen molar-refractivity contribution in [1.29, 1.82) is 0 Å². The maximum absolute atomic E-state index is 12.9. The average molecular weight is 339 g/mol. The summed E-state index contributed by atoms with van der Waals surface area (Å²) in [5, 5.41) is 4.29. The van der Waals surface area contributed by atoms with E-state index < -0.39 is 11.4 Å². The lowest BCUT2D eigenvalue weighted by atomic mass is 9.66. The zero-order chi connectivity index (χ0) is 16.5. The van der Waals surface area contributed by atoms with Crippen molar-refractivity contribution >= 4 is 27.5 Å². The molecule has 1 amide bonds. The van der Waals surface area contributed by atoms with Gasteiger partial charge in [0.1, 0.15) is 1.41 Å². The fraction of sp³-hybridized carbons (Fsp3) is 0.562. The maximum Gasteiger partial charge on any atom is 0.236 e. The molecule has 108 valence electrons. The lowest BCUT2D eigenvalue weighted by Gasteiger charge is -2.38. The first-order valence-corrected chi connectivity index (χ1v) is 7.69. The number of hydrogen-bond donors (Lipinski definition) is 2. The van der Waals surface area contributed by atoms with Crippen LogP contribution in [0.5, 0.6) is 0 Å². The third kappa shape index (κ3) is 1.85. The lowest BCUT2D eigenvalue weighted by Crippen LogP contribution is -2.52. The van der Waals surface area contributed by atoms with Crippen LogP contribution in [0.3, 0.4) is 0 Å². The van der Waals surface area contributed by atoms with E-state index in [1.165, 1.54) is 5.31 Å². The highest BCUT2D eigenvalue weighted by molar-refractivity contribution is 9.10. The molecule has 3 atom stereocenters. The summed E-state index contributed by atoms with van der Waals surface area (Å²) in [4.78, 5) is 12.9. The molecule has 0 aromatic heterocycles. The Bertz CT molecular complexity index is 656. The number of rotatable bonds is 0. The van der Waals surface area contributed by atoms with Gasteiger partial charge in [-0.3, -0.25) is 4.79 Å². The number of halogens is 1. The van der Waals surface area contributed by atoms with Crippen LogP contribution in [0.2, 0.25) is 1.41 Å². The van der Waals surface area contributed by atoms with Crippen LogP contribution < -0.4 is 10.6 Å². The van der Waals surface area contributed by atoms with Crippen molar-refractivity contribution in [3.05, 3.63) is 28.2 Å². The van der Waals surface area contributed by atoms with Crippen LogP contribution in [0.15, 0.2) is 22.7 Å². The molecule has 3 rings (SSSR count). The quantitative estimate of drug-likeness (QED) is 0.760. The van der Waals surface area contributed by atoms with Crippen LogP contribution in [0.4, 0.5) is 5.69 Å². The molecule has 2 heterocycles. The van der Waals surface area contributed by atoms with Crippen molar-refractivity contribution in [2.24, 2.45) is 5.41 Å². The smallest absolute Gasteiger partial charge is 0.236 e. The first-order chi connectivity index (χ1) is 10.00. The maximum atomic E-state index is 12.9. The van der Waals surface area contributed by atoms with Gasteiger partial charge in [0.25, 0.3) is 0 Å². The van der Waals surface area contributed by atoms with Crippen LogP contribution in [-0.2, 0) is 10.2 Å². The Morgan fingerprint density at radius 3 is 2.85 bits per heavy atom. The summed E-state index contributed by atoms with van der Waals surface area (Å²) in [7, 11) is 0. The average Bonchev–Trinajstić information content (AvgIpc) is 2.74. The predicted molar refractivity (Wildman–Crippen MR) is 84.9 cm³/mol. The number of hydrogen-bond acceptors (Lipinski definition) is 2. The number of carbonyl (C=O) groups is 1. The van der Waals surface area contributed by atoms with E-state index in [1.807, 2.05) is 39.0 Å². The number of fused-ring (bicyclic) bond motifs is 2. The third-order valence-electron chi connectivity index (χ3n) is 4.29. The molecule has 0 radical (unpaired) electrons. The molecule has 4 heteroatoms. The van der Waals surface area contributed by atoms with Gasteiger partial charge in [-0.05, 0) is 42.5 Å². The van der Waals surface area contributed by atoms with Gasteiger partial charge < -0.3 is 10.6 Å². The molecule has 2 aliphatic rings. The van der Waals surface area contributed by atoms with Crippen LogP contribution >= 0.6 is 15.9 Å². The third-order valence-corrected chi connectivity index (χ3v) is 4.78. The van der Waals surface area contributed by atoms with Crippen LogP contribution in [0.25, 0.3) is 0 Å². The van der Waals surface area contributed by atoms with Gasteiger partial charge in [0.2, 0.25) is 5.91 Å². The minimum absolute atomic E-state index is 0.0891. The first kappa shape index (κ1) is 11.8. The second-order valence-electron chi connectivity index (χ2n) is 6.93. The SMILES string of the molecule is [2H]N1C(C(C)(C)C)[C@]2(C[C@]1([2H])C)C(=O)Nc1ccc(Br)cc12. The van der Waals surface area contributed by atoms with Gasteiger partial charge >= 0.3 is 0 Å². The monoisotopic (exact) mass is 338 g/mol. The van der Waals surface area contributed by atoms with Crippen molar-refractivity contribution < 1.29 is 7.58 Å². The van der Waals surface area contributed by atoms with E-state index in [-0.39, 0.29) is 17.4 Å². The molecule has 0 bridgehead atoms. The fourth-order valence-corrected chi connectivity index (χ4v) is 3.97. The first-order valence-electron chi connectivity index (χ1n) is 7.84. The van der Waals surface area contributed by atoms with Gasteiger partial charge in [-0.1, -0.05) is 36.7 Å². The van der Waals surface area contributed by atoms with Gasteiger partial charge in [-0.2, -0.15) is 0 Å². The van der Waals surface area contributed by atoms with Gasteiger partial charge in [0, 0.05) is 23.6 Å². The standard InChI is InChI=1S/C16H21BrN2O/c1-9-8-16(13(18-9)15(2,3)4)11-7-10(17)5-6-12(11)19-14(16)20/h5-7,9,13,18H,8H2,1-4H3,(H,19,20)/t9-,13?,16+/m0/s1/i9D/hD. The summed E-state index contributed by atoms with van der Waals surface area (Å²) in [6.07, 6.45) is 0.320. The Balaban J connectivity index is 2.28. The molecular weight excluding hydrogens is 316 g/mol. The van der Waals surface area contributed by atoms with Crippen LogP contribution in [0.1, 0.15) is 41.0 Å². The predicted octanol–water partition coefficient (Wildman–Crippen LogP) is 3.44. The van der Waals surface area contributed by atoms with Crippen molar-refractivity contribution in [3.8, 4) is 0 Å². The lowest BCUT2D eigenvalue weighted by molar-refractivity contribution is -0.122. The molecule has 1 spiro atoms. The number of benzene rings is 1. The molecule has 1 fully saturated rings. The number of carbonyl (C=O) groups excluding carboxylic acids is 1. The summed E-state index contributed by atoms with van der Waals surface area (Å²) < 4.78 is 17.9. The van der Waals surface area contributed by atoms with Crippen molar-refractivity contribution in [2.75, 3.05) is 5.32 Å². The molecule has 2 N–H and O–H groups in total. The summed E-state index contributed by atoms with van der Waals surface area (Å²) in [5.74, 6) is -0.0891. The van der Waals surface area contributed by atoms with Crippen LogP contribution in [0, 0.1) is 5.41 Å². The van der Waals surface area contributed by atoms with Crippen LogP contribution in [-0.4, -0.2) is 18.0 Å². The molecule has 0 aliphatic carbocycles. The second-order valence-corrected chi connectivity index (χ2v) is 7.84. The molecule has 20 heavy (non-hydrogen) atoms. The Hall–Kier alpha value is -0.870. The molecule has 1 aromatic rings. The largest absolute Gasteiger partial charge is 0.325 e. The zero-order valence-electron chi connectivity index (χ0n) is 14.2. The molecule has 1 saturated heterocycles. The van der Waals surface area contributed by atoms with Crippen molar-refractivity contribution in [2.45, 2.75) is 51.6 Å². The summed E-state index contributed by atoms with van der Waals surface area (Å²) in [6, 6.07) is 4.29. The summed E-state index contributed by atoms with van der Waals surface area (Å²) in [6.45, 7) is 7.82. The van der Waals surface area contributed by atoms with Crippen molar-refractivity contribution in [1.82, 2.24) is 5.31 Å². The van der Waals surface area contributed by atoms with Gasteiger partial charge in [-0.15, -0.1) is 0 Å². The number of anilines is 1. The molecule has 2 aliphatic heterocycles. The summed E-state index contributed by atoms with van der Waals surface area (Å²) in [5.41, 5.74) is 0.547. The Morgan fingerprint density at radius 2 is 2.20 bits per heavy atom. The van der Waals surface area contributed by atoms with E-state index in [9.17, 15) is 4.79 Å². The Labute approximate surface area is 131 Å². The minimum Gasteiger partial charge on any atom is -0.325 e. The molecular formula is C16H21BrN2O. The van der Waals surface area contributed by atoms with E-state index in [4.69, 9.17) is 2.78 Å². The molecule has 1 aromatic carbocycles. The number of nitrogens with one attached hydrogen (secondary N) is 2. The van der Waals surface area contributed by atoms with E-state index in [1.54, 1.807) is 6.92 Å². The molecule has 3 nitrogen and oxygen atoms in total. The van der Waals surface area contributed by atoms with Gasteiger partial charge in [-0.25, -0.2) is 0 Å². The minimum atomic E-state index is -1.10. The topological polar surface area (TPSA) is 41.1 Å². The highest BCUT2D eigenvalue weighted by Gasteiger charge is 2.59. The van der Waals surface area contributed by atoms with E-state index in [0.29, 0.717) is 6.42 Å². The Morgan fingerprint density at radius 1 is 1.50 bits per heavy atom. The zero-order valence-corrected chi connectivity index (χ0v) is 13.8. The summed E-state index contributed by atoms with van der Waals surface area (Å²) >= 11 is 3.48. The van der Waals surface area contributed by atoms with E-state index >= 15 is 0 Å².